The van der Waals surface area contributed by atoms with E-state index in [1.807, 2.05) is 34.9 Å². The number of hydrogen-bond donors (Lipinski definition) is 1. The Morgan fingerprint density at radius 1 is 1.32 bits per heavy atom. The highest BCUT2D eigenvalue weighted by atomic mass is 79.9. The van der Waals surface area contributed by atoms with E-state index in [9.17, 15) is 4.79 Å². The first-order valence-electron chi connectivity index (χ1n) is 7.18. The number of aryl methyl sites for hydroxylation is 1. The Bertz CT molecular complexity index is 560. The van der Waals surface area contributed by atoms with Gasteiger partial charge in [-0.1, -0.05) is 6.07 Å². The Morgan fingerprint density at radius 2 is 1.95 bits per heavy atom. The number of halogens is 1. The number of rotatable bonds is 4. The SMILES string of the molecule is Cc1ccc(OCCC(=O)N2CCN(C(N)=S)CC2)c(Br)c1. The van der Waals surface area contributed by atoms with E-state index >= 15 is 0 Å². The van der Waals surface area contributed by atoms with Gasteiger partial charge >= 0.3 is 0 Å². The van der Waals surface area contributed by atoms with Gasteiger partial charge in [-0.25, -0.2) is 0 Å². The second-order valence-corrected chi connectivity index (χ2v) is 6.51. The Kier molecular flexibility index (Phi) is 6.02. The van der Waals surface area contributed by atoms with E-state index in [-0.39, 0.29) is 5.91 Å². The number of amides is 1. The molecule has 22 heavy (non-hydrogen) atoms. The Morgan fingerprint density at radius 3 is 2.55 bits per heavy atom. The number of nitrogens with zero attached hydrogens (tertiary/aromatic N) is 2. The van der Waals surface area contributed by atoms with E-state index in [1.54, 1.807) is 0 Å². The predicted octanol–water partition coefficient (Wildman–Crippen LogP) is 1.91. The minimum atomic E-state index is 0.103. The summed E-state index contributed by atoms with van der Waals surface area (Å²) in [6.45, 7) is 5.10. The molecule has 2 N–H and O–H groups in total. The molecule has 120 valence electrons. The van der Waals surface area contributed by atoms with Crippen LogP contribution in [0.4, 0.5) is 0 Å². The van der Waals surface area contributed by atoms with Crippen molar-refractivity contribution in [2.24, 2.45) is 5.73 Å². The molecule has 1 fully saturated rings. The fraction of sp³-hybridized carbons (Fsp3) is 0.467. The third-order valence-electron chi connectivity index (χ3n) is 3.60. The number of thiocarbonyl (C=S) groups is 1. The van der Waals surface area contributed by atoms with E-state index in [1.165, 1.54) is 0 Å². The standard InChI is InChI=1S/C15H20BrN3O2S/c1-11-2-3-13(12(16)10-11)21-9-4-14(20)18-5-7-19(8-6-18)15(17)22/h2-3,10H,4-9H2,1H3,(H2,17,22). The molecule has 0 spiro atoms. The molecule has 1 heterocycles. The number of carbonyl (C=O) groups excluding carboxylic acids is 1. The maximum absolute atomic E-state index is 12.2. The van der Waals surface area contributed by atoms with Gasteiger partial charge in [-0.15, -0.1) is 0 Å². The summed E-state index contributed by atoms with van der Waals surface area (Å²) >= 11 is 8.40. The fourth-order valence-electron chi connectivity index (χ4n) is 2.31. The average Bonchev–Trinajstić information content (AvgIpc) is 2.49. The van der Waals surface area contributed by atoms with Crippen molar-refractivity contribution in [3.05, 3.63) is 28.2 Å². The minimum Gasteiger partial charge on any atom is -0.492 e. The number of ether oxygens (including phenoxy) is 1. The van der Waals surface area contributed by atoms with Crippen LogP contribution in [0, 0.1) is 6.92 Å². The molecule has 5 nitrogen and oxygen atoms in total. The highest BCUT2D eigenvalue weighted by Gasteiger charge is 2.21. The Hall–Kier alpha value is -1.34. The van der Waals surface area contributed by atoms with Crippen molar-refractivity contribution in [1.82, 2.24) is 9.80 Å². The zero-order chi connectivity index (χ0) is 16.1. The normalized spacial score (nSPS) is 14.8. The fourth-order valence-corrected chi connectivity index (χ4v) is 3.10. The van der Waals surface area contributed by atoms with E-state index in [0.717, 1.165) is 15.8 Å². The quantitative estimate of drug-likeness (QED) is 0.802. The lowest BCUT2D eigenvalue weighted by molar-refractivity contribution is -0.132. The van der Waals surface area contributed by atoms with E-state index in [2.05, 4.69) is 15.9 Å². The minimum absolute atomic E-state index is 0.103. The third-order valence-corrected chi connectivity index (χ3v) is 4.48. The number of carbonyl (C=O) groups is 1. The van der Waals surface area contributed by atoms with Crippen molar-refractivity contribution in [1.29, 1.82) is 0 Å². The number of nitrogens with two attached hydrogens (primary N) is 1. The lowest BCUT2D eigenvalue weighted by atomic mass is 10.2. The molecule has 1 aromatic rings. The lowest BCUT2D eigenvalue weighted by Gasteiger charge is -2.35. The maximum Gasteiger partial charge on any atom is 0.226 e. The first-order chi connectivity index (χ1) is 10.5. The van der Waals surface area contributed by atoms with Gasteiger partial charge in [0.1, 0.15) is 5.75 Å². The van der Waals surface area contributed by atoms with Crippen LogP contribution in [0.2, 0.25) is 0 Å². The summed E-state index contributed by atoms with van der Waals surface area (Å²) in [5, 5.41) is 0.402. The van der Waals surface area contributed by atoms with Crippen LogP contribution in [0.5, 0.6) is 5.75 Å². The van der Waals surface area contributed by atoms with E-state index in [4.69, 9.17) is 22.7 Å². The zero-order valence-electron chi connectivity index (χ0n) is 12.5. The van der Waals surface area contributed by atoms with Crippen LogP contribution >= 0.6 is 28.1 Å². The molecule has 1 saturated heterocycles. The van der Waals surface area contributed by atoms with Crippen LogP contribution in [0.1, 0.15) is 12.0 Å². The zero-order valence-corrected chi connectivity index (χ0v) is 15.0. The van der Waals surface area contributed by atoms with Crippen molar-refractivity contribution >= 4 is 39.2 Å². The van der Waals surface area contributed by atoms with Crippen LogP contribution < -0.4 is 10.5 Å². The van der Waals surface area contributed by atoms with Gasteiger partial charge in [-0.3, -0.25) is 4.79 Å². The molecule has 1 amide bonds. The van der Waals surface area contributed by atoms with Gasteiger partial charge in [0.2, 0.25) is 5.91 Å². The molecular weight excluding hydrogens is 366 g/mol. The molecule has 0 radical (unpaired) electrons. The molecule has 0 unspecified atom stereocenters. The monoisotopic (exact) mass is 385 g/mol. The highest BCUT2D eigenvalue weighted by Crippen LogP contribution is 2.25. The third kappa shape index (κ3) is 4.58. The molecule has 0 aromatic heterocycles. The molecule has 7 heteroatoms. The van der Waals surface area contributed by atoms with Gasteiger partial charge in [-0.2, -0.15) is 0 Å². The molecule has 1 aromatic carbocycles. The Balaban J connectivity index is 1.75. The van der Waals surface area contributed by atoms with Crippen LogP contribution in [-0.4, -0.2) is 53.6 Å². The van der Waals surface area contributed by atoms with Gasteiger partial charge in [0.25, 0.3) is 0 Å². The van der Waals surface area contributed by atoms with Crippen LogP contribution in [0.25, 0.3) is 0 Å². The summed E-state index contributed by atoms with van der Waals surface area (Å²) < 4.78 is 6.57. The predicted molar refractivity (Wildman–Crippen MR) is 93.9 cm³/mol. The molecule has 0 aliphatic carbocycles. The second-order valence-electron chi connectivity index (χ2n) is 5.24. The van der Waals surface area contributed by atoms with Crippen LogP contribution in [0.15, 0.2) is 22.7 Å². The van der Waals surface area contributed by atoms with Crippen LogP contribution in [-0.2, 0) is 4.79 Å². The second kappa shape index (κ2) is 7.78. The highest BCUT2D eigenvalue weighted by molar-refractivity contribution is 9.10. The van der Waals surface area contributed by atoms with Crippen LogP contribution in [0.3, 0.4) is 0 Å². The number of benzene rings is 1. The average molecular weight is 386 g/mol. The van der Waals surface area contributed by atoms with E-state index in [0.29, 0.717) is 44.3 Å². The first-order valence-corrected chi connectivity index (χ1v) is 8.38. The van der Waals surface area contributed by atoms with Crippen molar-refractivity contribution in [2.75, 3.05) is 32.8 Å². The van der Waals surface area contributed by atoms with Gasteiger partial charge < -0.3 is 20.3 Å². The number of piperazine rings is 1. The maximum atomic E-state index is 12.2. The lowest BCUT2D eigenvalue weighted by Crippen LogP contribution is -2.52. The largest absolute Gasteiger partial charge is 0.492 e. The summed E-state index contributed by atoms with van der Waals surface area (Å²) in [6, 6.07) is 5.88. The Labute approximate surface area is 144 Å². The van der Waals surface area contributed by atoms with Crippen molar-refractivity contribution in [2.45, 2.75) is 13.3 Å². The molecule has 0 bridgehead atoms. The van der Waals surface area contributed by atoms with Gasteiger partial charge in [0, 0.05) is 26.2 Å². The summed E-state index contributed by atoms with van der Waals surface area (Å²) in [5.41, 5.74) is 6.75. The number of hydrogen-bond acceptors (Lipinski definition) is 3. The molecule has 2 rings (SSSR count). The molecule has 1 aliphatic heterocycles. The molecular formula is C15H20BrN3O2S. The van der Waals surface area contributed by atoms with Crippen molar-refractivity contribution in [3.8, 4) is 5.75 Å². The van der Waals surface area contributed by atoms with Crippen molar-refractivity contribution in [3.63, 3.8) is 0 Å². The van der Waals surface area contributed by atoms with Gasteiger partial charge in [0.15, 0.2) is 5.11 Å². The molecule has 1 aliphatic rings. The molecule has 0 atom stereocenters. The van der Waals surface area contributed by atoms with Gasteiger partial charge in [-0.05, 0) is 52.8 Å². The smallest absolute Gasteiger partial charge is 0.226 e. The topological polar surface area (TPSA) is 58.8 Å². The van der Waals surface area contributed by atoms with Gasteiger partial charge in [0.05, 0.1) is 17.5 Å². The molecule has 0 saturated carbocycles. The van der Waals surface area contributed by atoms with E-state index < -0.39 is 0 Å². The van der Waals surface area contributed by atoms with Crippen molar-refractivity contribution < 1.29 is 9.53 Å². The summed E-state index contributed by atoms with van der Waals surface area (Å²) in [4.78, 5) is 15.9. The summed E-state index contributed by atoms with van der Waals surface area (Å²) in [5.74, 6) is 0.863. The summed E-state index contributed by atoms with van der Waals surface area (Å²) in [6.07, 6.45) is 0.368. The first kappa shape index (κ1) is 17.0. The summed E-state index contributed by atoms with van der Waals surface area (Å²) in [7, 11) is 0.